The van der Waals surface area contributed by atoms with E-state index >= 15 is 0 Å². The van der Waals surface area contributed by atoms with E-state index in [2.05, 4.69) is 0 Å². The first kappa shape index (κ1) is 12.0. The third-order valence-corrected chi connectivity index (χ3v) is 2.83. The van der Waals surface area contributed by atoms with Gasteiger partial charge in [-0.1, -0.05) is 0 Å². The summed E-state index contributed by atoms with van der Waals surface area (Å²) in [6, 6.07) is 0. The molecule has 0 aromatic heterocycles. The van der Waals surface area contributed by atoms with Gasteiger partial charge in [0.1, 0.15) is 10.7 Å². The number of Topliss-reactive ketones (excluding diaryl/α,β-unsaturated/α-hetero) is 1. The number of rotatable bonds is 3. The molecule has 0 amide bonds. The summed E-state index contributed by atoms with van der Waals surface area (Å²) in [7, 11) is 0. The lowest BCUT2D eigenvalue weighted by Gasteiger charge is -2.23. The Balaban J connectivity index is 2.51. The van der Waals surface area contributed by atoms with Crippen LogP contribution in [0.5, 0.6) is 0 Å². The number of alkyl halides is 1. The molecule has 0 aromatic rings. The second kappa shape index (κ2) is 3.80. The van der Waals surface area contributed by atoms with Gasteiger partial charge in [0.2, 0.25) is 0 Å². The molecule has 1 fully saturated rings. The Morgan fingerprint density at radius 2 is 2.21 bits per heavy atom. The second-order valence-electron chi connectivity index (χ2n) is 4.41. The highest BCUT2D eigenvalue weighted by molar-refractivity contribution is 6.34. The van der Waals surface area contributed by atoms with Crippen molar-refractivity contribution in [1.82, 2.24) is 0 Å². The fourth-order valence-electron chi connectivity index (χ4n) is 1.43. The second-order valence-corrected chi connectivity index (χ2v) is 5.24. The van der Waals surface area contributed by atoms with Crippen LogP contribution in [0.2, 0.25) is 0 Å². The van der Waals surface area contributed by atoms with Gasteiger partial charge in [0.05, 0.1) is 12.7 Å². The quantitative estimate of drug-likeness (QED) is 0.684. The zero-order valence-corrected chi connectivity index (χ0v) is 9.85. The molecular formula is C10H17ClO3. The van der Waals surface area contributed by atoms with Crippen LogP contribution in [0.15, 0.2) is 0 Å². The third-order valence-electron chi connectivity index (χ3n) is 2.41. The molecule has 1 rings (SSSR count). The highest BCUT2D eigenvalue weighted by Crippen LogP contribution is 2.30. The first-order chi connectivity index (χ1) is 6.23. The fourth-order valence-corrected chi connectivity index (χ4v) is 1.61. The van der Waals surface area contributed by atoms with Crippen molar-refractivity contribution in [2.75, 3.05) is 6.61 Å². The number of ketones is 1. The van der Waals surface area contributed by atoms with Gasteiger partial charge >= 0.3 is 0 Å². The van der Waals surface area contributed by atoms with E-state index < -0.39 is 10.7 Å². The monoisotopic (exact) mass is 220 g/mol. The molecular weight excluding hydrogens is 204 g/mol. The Bertz CT molecular complexity index is 236. The van der Waals surface area contributed by atoms with Gasteiger partial charge in [0.25, 0.3) is 0 Å². The number of hydrogen-bond acceptors (Lipinski definition) is 3. The minimum atomic E-state index is -0.839. The SMILES string of the molecule is CC(=O)C(C)(Cl)CC1COC(C)(C)O1. The number of hydrogen-bond donors (Lipinski definition) is 0. The Morgan fingerprint density at radius 3 is 2.57 bits per heavy atom. The molecule has 0 bridgehead atoms. The van der Waals surface area contributed by atoms with Crippen molar-refractivity contribution < 1.29 is 14.3 Å². The number of carbonyl (C=O) groups excluding carboxylic acids is 1. The summed E-state index contributed by atoms with van der Waals surface area (Å²) in [5, 5.41) is 0. The van der Waals surface area contributed by atoms with Crippen molar-refractivity contribution in [2.24, 2.45) is 0 Å². The van der Waals surface area contributed by atoms with Gasteiger partial charge in [-0.3, -0.25) is 4.79 Å². The molecule has 82 valence electrons. The van der Waals surface area contributed by atoms with Crippen LogP contribution >= 0.6 is 11.6 Å². The standard InChI is InChI=1S/C10H17ClO3/c1-7(12)10(4,11)5-8-6-13-9(2,3)14-8/h8H,5-6H2,1-4H3. The molecule has 4 heteroatoms. The van der Waals surface area contributed by atoms with Gasteiger partial charge < -0.3 is 9.47 Å². The average Bonchev–Trinajstić information content (AvgIpc) is 2.28. The molecule has 0 N–H and O–H groups in total. The molecule has 2 unspecified atom stereocenters. The van der Waals surface area contributed by atoms with Crippen LogP contribution in [-0.2, 0) is 14.3 Å². The van der Waals surface area contributed by atoms with Gasteiger partial charge in [-0.15, -0.1) is 11.6 Å². The van der Waals surface area contributed by atoms with Gasteiger partial charge in [0.15, 0.2) is 5.79 Å². The van der Waals surface area contributed by atoms with E-state index in [4.69, 9.17) is 21.1 Å². The van der Waals surface area contributed by atoms with Crippen LogP contribution < -0.4 is 0 Å². The Labute approximate surface area is 89.7 Å². The topological polar surface area (TPSA) is 35.5 Å². The molecule has 1 aliphatic rings. The normalized spacial score (nSPS) is 29.9. The molecule has 3 nitrogen and oxygen atoms in total. The average molecular weight is 221 g/mol. The lowest BCUT2D eigenvalue weighted by Crippen LogP contribution is -2.33. The number of halogens is 1. The van der Waals surface area contributed by atoms with Gasteiger partial charge in [-0.2, -0.15) is 0 Å². The van der Waals surface area contributed by atoms with Crippen molar-refractivity contribution >= 4 is 17.4 Å². The number of ether oxygens (including phenoxy) is 2. The minimum Gasteiger partial charge on any atom is -0.348 e. The van der Waals surface area contributed by atoms with Crippen molar-refractivity contribution in [3.8, 4) is 0 Å². The Morgan fingerprint density at radius 1 is 1.64 bits per heavy atom. The zero-order chi connectivity index (χ0) is 11.0. The zero-order valence-electron chi connectivity index (χ0n) is 9.09. The van der Waals surface area contributed by atoms with Crippen LogP contribution in [0, 0.1) is 0 Å². The van der Waals surface area contributed by atoms with Gasteiger partial charge in [-0.25, -0.2) is 0 Å². The van der Waals surface area contributed by atoms with Gasteiger partial charge in [-0.05, 0) is 27.7 Å². The molecule has 0 aromatic carbocycles. The first-order valence-electron chi connectivity index (χ1n) is 4.75. The van der Waals surface area contributed by atoms with E-state index in [0.29, 0.717) is 13.0 Å². The Kier molecular flexibility index (Phi) is 3.24. The van der Waals surface area contributed by atoms with E-state index in [1.54, 1.807) is 6.92 Å². The highest BCUT2D eigenvalue weighted by Gasteiger charge is 2.38. The van der Waals surface area contributed by atoms with E-state index in [1.165, 1.54) is 6.92 Å². The molecule has 2 atom stereocenters. The first-order valence-corrected chi connectivity index (χ1v) is 5.12. The van der Waals surface area contributed by atoms with Crippen molar-refractivity contribution in [3.63, 3.8) is 0 Å². The molecule has 0 radical (unpaired) electrons. The van der Waals surface area contributed by atoms with E-state index in [-0.39, 0.29) is 11.9 Å². The van der Waals surface area contributed by atoms with Crippen LogP contribution in [0.3, 0.4) is 0 Å². The molecule has 14 heavy (non-hydrogen) atoms. The highest BCUT2D eigenvalue weighted by atomic mass is 35.5. The van der Waals surface area contributed by atoms with Crippen molar-refractivity contribution in [2.45, 2.75) is 50.9 Å². The lowest BCUT2D eigenvalue weighted by atomic mass is 9.99. The summed E-state index contributed by atoms with van der Waals surface area (Å²) in [6.07, 6.45) is 0.407. The molecule has 1 aliphatic heterocycles. The van der Waals surface area contributed by atoms with Crippen molar-refractivity contribution in [1.29, 1.82) is 0 Å². The van der Waals surface area contributed by atoms with E-state index in [1.807, 2.05) is 13.8 Å². The third kappa shape index (κ3) is 2.94. The predicted molar refractivity (Wildman–Crippen MR) is 54.5 cm³/mol. The number of carbonyl (C=O) groups is 1. The lowest BCUT2D eigenvalue weighted by molar-refractivity contribution is -0.141. The summed E-state index contributed by atoms with van der Waals surface area (Å²) >= 11 is 6.06. The van der Waals surface area contributed by atoms with Crippen LogP contribution in [-0.4, -0.2) is 29.2 Å². The maximum atomic E-state index is 11.2. The summed E-state index contributed by atoms with van der Waals surface area (Å²) in [5.41, 5.74) is 0. The smallest absolute Gasteiger partial charge is 0.163 e. The van der Waals surface area contributed by atoms with E-state index in [9.17, 15) is 4.79 Å². The van der Waals surface area contributed by atoms with Gasteiger partial charge in [0, 0.05) is 6.42 Å². The fraction of sp³-hybridized carbons (Fsp3) is 0.900. The van der Waals surface area contributed by atoms with Crippen LogP contribution in [0.4, 0.5) is 0 Å². The molecule has 1 saturated heterocycles. The largest absolute Gasteiger partial charge is 0.348 e. The maximum Gasteiger partial charge on any atom is 0.163 e. The molecule has 0 spiro atoms. The van der Waals surface area contributed by atoms with Crippen LogP contribution in [0.25, 0.3) is 0 Å². The molecule has 1 heterocycles. The Hall–Kier alpha value is -0.120. The van der Waals surface area contributed by atoms with Crippen molar-refractivity contribution in [3.05, 3.63) is 0 Å². The summed E-state index contributed by atoms with van der Waals surface area (Å²) in [6.45, 7) is 7.42. The summed E-state index contributed by atoms with van der Waals surface area (Å²) in [4.78, 5) is 10.3. The maximum absolute atomic E-state index is 11.2. The molecule has 0 aliphatic carbocycles. The summed E-state index contributed by atoms with van der Waals surface area (Å²) < 4.78 is 11.0. The minimum absolute atomic E-state index is 0.0347. The van der Waals surface area contributed by atoms with E-state index in [0.717, 1.165) is 0 Å². The van der Waals surface area contributed by atoms with Crippen LogP contribution in [0.1, 0.15) is 34.1 Å². The molecule has 0 saturated carbocycles. The predicted octanol–water partition coefficient (Wildman–Crippen LogP) is 2.11. The summed E-state index contributed by atoms with van der Waals surface area (Å²) in [5.74, 6) is -0.582.